The predicted octanol–water partition coefficient (Wildman–Crippen LogP) is 0.987. The molecule has 0 amide bonds. The Labute approximate surface area is 84.8 Å². The van der Waals surface area contributed by atoms with Crippen molar-refractivity contribution in [1.29, 1.82) is 0 Å². The Morgan fingerprint density at radius 3 is 3.08 bits per heavy atom. The van der Waals surface area contributed by atoms with Crippen molar-refractivity contribution < 1.29 is 4.21 Å². The molecule has 2 atom stereocenters. The zero-order valence-electron chi connectivity index (χ0n) is 7.60. The second kappa shape index (κ2) is 5.47. The molecule has 0 bridgehead atoms. The Bertz CT molecular complexity index is 261. The van der Waals surface area contributed by atoms with Gasteiger partial charge in [-0.15, -0.1) is 11.3 Å². The molecule has 3 nitrogen and oxygen atoms in total. The lowest BCUT2D eigenvalue weighted by Crippen LogP contribution is -2.18. The molecule has 1 aromatic heterocycles. The monoisotopic (exact) mass is 218 g/mol. The van der Waals surface area contributed by atoms with Crippen LogP contribution in [-0.4, -0.2) is 21.5 Å². The number of aromatic nitrogens is 1. The first-order valence-corrected chi connectivity index (χ1v) is 6.52. The number of hydrogen-bond acceptors (Lipinski definition) is 4. The molecule has 0 spiro atoms. The molecule has 13 heavy (non-hydrogen) atoms. The topological polar surface area (TPSA) is 56.0 Å². The Kier molecular flexibility index (Phi) is 4.55. The molecule has 0 aliphatic carbocycles. The van der Waals surface area contributed by atoms with Gasteiger partial charge in [0.15, 0.2) is 0 Å². The Hall–Kier alpha value is -0.260. The normalized spacial score (nSPS) is 15.5. The Morgan fingerprint density at radius 2 is 2.54 bits per heavy atom. The van der Waals surface area contributed by atoms with Crippen molar-refractivity contribution in [2.45, 2.75) is 12.7 Å². The summed E-state index contributed by atoms with van der Waals surface area (Å²) in [5.74, 6) is 1.58. The highest BCUT2D eigenvalue weighted by Crippen LogP contribution is 2.08. The minimum Gasteiger partial charge on any atom is -0.330 e. The molecule has 1 heterocycles. The van der Waals surface area contributed by atoms with Gasteiger partial charge in [-0.1, -0.05) is 6.92 Å². The van der Waals surface area contributed by atoms with Crippen LogP contribution in [0.3, 0.4) is 0 Å². The fourth-order valence-corrected chi connectivity index (χ4v) is 3.21. The Morgan fingerprint density at radius 1 is 1.77 bits per heavy atom. The fraction of sp³-hybridized carbons (Fsp3) is 0.625. The summed E-state index contributed by atoms with van der Waals surface area (Å²) >= 11 is 1.55. The van der Waals surface area contributed by atoms with Crippen LogP contribution < -0.4 is 5.73 Å². The molecule has 2 unspecified atom stereocenters. The molecule has 1 aromatic rings. The average molecular weight is 218 g/mol. The average Bonchev–Trinajstić information content (AvgIpc) is 2.56. The molecule has 1 rings (SSSR count). The molecule has 0 aromatic carbocycles. The van der Waals surface area contributed by atoms with Crippen LogP contribution in [0, 0.1) is 5.92 Å². The molecular weight excluding hydrogens is 204 g/mol. The van der Waals surface area contributed by atoms with E-state index in [1.165, 1.54) is 0 Å². The molecule has 0 aliphatic rings. The van der Waals surface area contributed by atoms with E-state index in [1.54, 1.807) is 17.5 Å². The van der Waals surface area contributed by atoms with Gasteiger partial charge in [0.05, 0.1) is 5.75 Å². The molecule has 0 saturated carbocycles. The molecule has 0 aliphatic heterocycles. The lowest BCUT2D eigenvalue weighted by molar-refractivity contribution is 0.640. The Balaban J connectivity index is 2.34. The van der Waals surface area contributed by atoms with Crippen LogP contribution >= 0.6 is 11.3 Å². The third-order valence-electron chi connectivity index (χ3n) is 1.64. The summed E-state index contributed by atoms with van der Waals surface area (Å²) < 4.78 is 11.5. The zero-order valence-corrected chi connectivity index (χ0v) is 9.24. The van der Waals surface area contributed by atoms with Gasteiger partial charge in [0, 0.05) is 28.1 Å². The number of hydrogen-bond donors (Lipinski definition) is 1. The van der Waals surface area contributed by atoms with Crippen LogP contribution in [0.4, 0.5) is 0 Å². The smallest absolute Gasteiger partial charge is 0.105 e. The second-order valence-corrected chi connectivity index (χ2v) is 5.50. The van der Waals surface area contributed by atoms with Gasteiger partial charge in [-0.25, -0.2) is 4.98 Å². The maximum atomic E-state index is 11.5. The highest BCUT2D eigenvalue weighted by molar-refractivity contribution is 7.84. The molecule has 0 fully saturated rings. The van der Waals surface area contributed by atoms with Crippen LogP contribution in [0.5, 0.6) is 0 Å². The van der Waals surface area contributed by atoms with Crippen molar-refractivity contribution in [3.8, 4) is 0 Å². The lowest BCUT2D eigenvalue weighted by atomic mass is 10.2. The van der Waals surface area contributed by atoms with Gasteiger partial charge in [0.25, 0.3) is 0 Å². The minimum atomic E-state index is -0.811. The van der Waals surface area contributed by atoms with Gasteiger partial charge in [-0.2, -0.15) is 0 Å². The van der Waals surface area contributed by atoms with E-state index in [0.717, 1.165) is 5.01 Å². The largest absolute Gasteiger partial charge is 0.330 e. The number of thiazole rings is 1. The van der Waals surface area contributed by atoms with E-state index >= 15 is 0 Å². The first-order chi connectivity index (χ1) is 6.22. The van der Waals surface area contributed by atoms with Gasteiger partial charge in [0.1, 0.15) is 5.01 Å². The van der Waals surface area contributed by atoms with Gasteiger partial charge in [-0.05, 0) is 12.5 Å². The first kappa shape index (κ1) is 10.8. The summed E-state index contributed by atoms with van der Waals surface area (Å²) in [5.41, 5.74) is 5.45. The van der Waals surface area contributed by atoms with Crippen molar-refractivity contribution in [2.24, 2.45) is 11.7 Å². The van der Waals surface area contributed by atoms with Crippen LogP contribution in [-0.2, 0) is 16.6 Å². The van der Waals surface area contributed by atoms with E-state index in [0.29, 0.717) is 24.0 Å². The zero-order chi connectivity index (χ0) is 9.68. The number of nitrogens with zero attached hydrogens (tertiary/aromatic N) is 1. The SMILES string of the molecule is CC(CN)CS(=O)Cc1nccs1. The number of rotatable bonds is 5. The van der Waals surface area contributed by atoms with E-state index < -0.39 is 10.8 Å². The van der Waals surface area contributed by atoms with Crippen LogP contribution in [0.25, 0.3) is 0 Å². The van der Waals surface area contributed by atoms with E-state index in [1.807, 2.05) is 12.3 Å². The summed E-state index contributed by atoms with van der Waals surface area (Å²) in [6.07, 6.45) is 1.74. The fourth-order valence-electron chi connectivity index (χ4n) is 0.906. The maximum Gasteiger partial charge on any atom is 0.105 e. The summed E-state index contributed by atoms with van der Waals surface area (Å²) in [6, 6.07) is 0. The summed E-state index contributed by atoms with van der Waals surface area (Å²) in [4.78, 5) is 4.08. The van der Waals surface area contributed by atoms with Crippen LogP contribution in [0.15, 0.2) is 11.6 Å². The van der Waals surface area contributed by atoms with E-state index in [-0.39, 0.29) is 0 Å². The van der Waals surface area contributed by atoms with Crippen LogP contribution in [0.1, 0.15) is 11.9 Å². The highest BCUT2D eigenvalue weighted by atomic mass is 32.2. The third kappa shape index (κ3) is 3.97. The van der Waals surface area contributed by atoms with Crippen molar-refractivity contribution in [1.82, 2.24) is 4.98 Å². The summed E-state index contributed by atoms with van der Waals surface area (Å²) in [5, 5.41) is 2.85. The van der Waals surface area contributed by atoms with Crippen molar-refractivity contribution >= 4 is 22.1 Å². The van der Waals surface area contributed by atoms with E-state index in [2.05, 4.69) is 4.98 Å². The molecule has 2 N–H and O–H groups in total. The first-order valence-electron chi connectivity index (χ1n) is 4.15. The standard InChI is InChI=1S/C8H14N2OS2/c1-7(4-9)5-13(11)6-8-10-2-3-12-8/h2-3,7H,4-6,9H2,1H3. The second-order valence-electron chi connectivity index (χ2n) is 3.02. The van der Waals surface area contributed by atoms with Crippen molar-refractivity contribution in [2.75, 3.05) is 12.3 Å². The quantitative estimate of drug-likeness (QED) is 0.801. The summed E-state index contributed by atoms with van der Waals surface area (Å²) in [6.45, 7) is 2.61. The minimum absolute atomic E-state index is 0.334. The maximum absolute atomic E-state index is 11.5. The molecular formula is C8H14N2OS2. The highest BCUT2D eigenvalue weighted by Gasteiger charge is 2.07. The summed E-state index contributed by atoms with van der Waals surface area (Å²) in [7, 11) is -0.811. The third-order valence-corrected chi connectivity index (χ3v) is 4.14. The predicted molar refractivity (Wildman–Crippen MR) is 57.0 cm³/mol. The van der Waals surface area contributed by atoms with E-state index in [9.17, 15) is 4.21 Å². The van der Waals surface area contributed by atoms with Crippen molar-refractivity contribution in [3.63, 3.8) is 0 Å². The number of nitrogens with two attached hydrogens (primary N) is 1. The van der Waals surface area contributed by atoms with Gasteiger partial charge in [-0.3, -0.25) is 4.21 Å². The van der Waals surface area contributed by atoms with Gasteiger partial charge in [0.2, 0.25) is 0 Å². The van der Waals surface area contributed by atoms with Crippen molar-refractivity contribution in [3.05, 3.63) is 16.6 Å². The molecule has 0 radical (unpaired) electrons. The van der Waals surface area contributed by atoms with Gasteiger partial charge >= 0.3 is 0 Å². The van der Waals surface area contributed by atoms with Gasteiger partial charge < -0.3 is 5.73 Å². The molecule has 5 heteroatoms. The molecule has 74 valence electrons. The van der Waals surface area contributed by atoms with Crippen LogP contribution in [0.2, 0.25) is 0 Å². The lowest BCUT2D eigenvalue weighted by Gasteiger charge is -2.06. The van der Waals surface area contributed by atoms with E-state index in [4.69, 9.17) is 5.73 Å². The molecule has 0 saturated heterocycles.